The third-order valence-corrected chi connectivity index (χ3v) is 5.10. The summed E-state index contributed by atoms with van der Waals surface area (Å²) in [5.74, 6) is 1.21. The van der Waals surface area contributed by atoms with Gasteiger partial charge in [0.25, 0.3) is 0 Å². The van der Waals surface area contributed by atoms with Gasteiger partial charge in [0.1, 0.15) is 6.33 Å². The van der Waals surface area contributed by atoms with Crippen molar-refractivity contribution in [3.8, 4) is 22.6 Å². The van der Waals surface area contributed by atoms with E-state index in [4.69, 9.17) is 14.7 Å². The van der Waals surface area contributed by atoms with Crippen molar-refractivity contribution in [3.63, 3.8) is 0 Å². The number of imidazole rings is 1. The van der Waals surface area contributed by atoms with Crippen LogP contribution in [0.4, 0.5) is 0 Å². The zero-order chi connectivity index (χ0) is 18.9. The van der Waals surface area contributed by atoms with E-state index in [0.29, 0.717) is 23.0 Å². The Morgan fingerprint density at radius 3 is 2.43 bits per heavy atom. The van der Waals surface area contributed by atoms with Crippen LogP contribution in [-0.2, 0) is 11.2 Å². The molecule has 1 aromatic carbocycles. The van der Waals surface area contributed by atoms with Gasteiger partial charge in [-0.2, -0.15) is 5.10 Å². The number of rotatable bonds is 4. The van der Waals surface area contributed by atoms with Crippen molar-refractivity contribution in [3.05, 3.63) is 46.8 Å². The summed E-state index contributed by atoms with van der Waals surface area (Å²) < 4.78 is 5.47. The average Bonchev–Trinajstić information content (AvgIpc) is 3.37. The van der Waals surface area contributed by atoms with Crippen LogP contribution in [0.2, 0.25) is 0 Å². The van der Waals surface area contributed by atoms with E-state index in [1.807, 2.05) is 24.3 Å². The molecule has 1 saturated heterocycles. The van der Waals surface area contributed by atoms with E-state index in [-0.39, 0.29) is 5.69 Å². The van der Waals surface area contributed by atoms with E-state index in [9.17, 15) is 4.79 Å². The molecule has 142 valence electrons. The standard InChI is InChI=1S/C19H19N7O2/c27-19-24-17-18(25-19)23-15(14(22-17)9-11-5-7-28-8-6-11)12-1-3-13(4-2-12)16-20-10-21-26-16/h1-4,10-11H,5-9H2,(H,20,21,26)(H2,22,23,24,25,27). The molecular formula is C19H19N7O2. The zero-order valence-corrected chi connectivity index (χ0v) is 15.1. The predicted molar refractivity (Wildman–Crippen MR) is 103 cm³/mol. The molecule has 5 rings (SSSR count). The van der Waals surface area contributed by atoms with Crippen molar-refractivity contribution in [1.29, 1.82) is 0 Å². The predicted octanol–water partition coefficient (Wildman–Crippen LogP) is 2.07. The van der Waals surface area contributed by atoms with Crippen LogP contribution in [0.1, 0.15) is 18.5 Å². The van der Waals surface area contributed by atoms with Gasteiger partial charge in [0.05, 0.1) is 11.4 Å². The summed E-state index contributed by atoms with van der Waals surface area (Å²) in [6.07, 6.45) is 4.30. The lowest BCUT2D eigenvalue weighted by Crippen LogP contribution is -2.18. The Bertz CT molecular complexity index is 1140. The summed E-state index contributed by atoms with van der Waals surface area (Å²) in [7, 11) is 0. The second kappa shape index (κ2) is 7.01. The number of aromatic amines is 3. The quantitative estimate of drug-likeness (QED) is 0.500. The first-order chi connectivity index (χ1) is 13.8. The fourth-order valence-corrected chi connectivity index (χ4v) is 3.62. The smallest absolute Gasteiger partial charge is 0.326 e. The highest BCUT2D eigenvalue weighted by atomic mass is 16.5. The molecule has 0 aliphatic carbocycles. The molecule has 0 atom stereocenters. The fourth-order valence-electron chi connectivity index (χ4n) is 3.62. The molecule has 9 heteroatoms. The zero-order valence-electron chi connectivity index (χ0n) is 15.1. The van der Waals surface area contributed by atoms with Gasteiger partial charge < -0.3 is 4.74 Å². The Balaban J connectivity index is 1.56. The minimum atomic E-state index is -0.301. The van der Waals surface area contributed by atoms with Crippen LogP contribution in [-0.4, -0.2) is 48.3 Å². The van der Waals surface area contributed by atoms with Crippen LogP contribution in [0.5, 0.6) is 0 Å². The van der Waals surface area contributed by atoms with E-state index < -0.39 is 0 Å². The van der Waals surface area contributed by atoms with Gasteiger partial charge in [-0.15, -0.1) is 0 Å². The van der Waals surface area contributed by atoms with Crippen LogP contribution in [0.25, 0.3) is 33.9 Å². The van der Waals surface area contributed by atoms with Crippen LogP contribution < -0.4 is 5.69 Å². The van der Waals surface area contributed by atoms with Gasteiger partial charge >= 0.3 is 5.69 Å². The first kappa shape index (κ1) is 16.8. The van der Waals surface area contributed by atoms with E-state index in [2.05, 4.69) is 25.1 Å². The van der Waals surface area contributed by atoms with Crippen molar-refractivity contribution < 1.29 is 4.74 Å². The molecule has 0 bridgehead atoms. The molecule has 1 aliphatic heterocycles. The van der Waals surface area contributed by atoms with Crippen LogP contribution in [0, 0.1) is 5.92 Å². The summed E-state index contributed by atoms with van der Waals surface area (Å²) in [6.45, 7) is 1.56. The van der Waals surface area contributed by atoms with Gasteiger partial charge in [-0.05, 0) is 25.2 Å². The Hall–Kier alpha value is -3.33. The highest BCUT2D eigenvalue weighted by Crippen LogP contribution is 2.28. The highest BCUT2D eigenvalue weighted by Gasteiger charge is 2.20. The van der Waals surface area contributed by atoms with E-state index in [1.165, 1.54) is 6.33 Å². The second-order valence-corrected chi connectivity index (χ2v) is 6.97. The van der Waals surface area contributed by atoms with Crippen molar-refractivity contribution >= 4 is 11.3 Å². The molecule has 28 heavy (non-hydrogen) atoms. The molecule has 0 spiro atoms. The summed E-state index contributed by atoms with van der Waals surface area (Å²) in [4.78, 5) is 30.7. The molecule has 0 amide bonds. The number of aromatic nitrogens is 7. The molecule has 1 fully saturated rings. The summed E-state index contributed by atoms with van der Waals surface area (Å²) in [5.41, 5.74) is 4.23. The van der Waals surface area contributed by atoms with Crippen molar-refractivity contribution in [1.82, 2.24) is 35.1 Å². The Labute approximate surface area is 159 Å². The normalized spacial score (nSPS) is 15.3. The molecule has 3 aromatic heterocycles. The molecule has 0 unspecified atom stereocenters. The summed E-state index contributed by atoms with van der Waals surface area (Å²) in [5, 5.41) is 6.75. The maximum Gasteiger partial charge on any atom is 0.326 e. The molecule has 3 N–H and O–H groups in total. The number of H-pyrrole nitrogens is 3. The molecule has 0 radical (unpaired) electrons. The van der Waals surface area contributed by atoms with Crippen molar-refractivity contribution in [2.24, 2.45) is 5.92 Å². The first-order valence-electron chi connectivity index (χ1n) is 9.29. The molecule has 1 aliphatic rings. The number of hydrogen-bond acceptors (Lipinski definition) is 6. The van der Waals surface area contributed by atoms with Crippen LogP contribution in [0.15, 0.2) is 35.4 Å². The maximum absolute atomic E-state index is 11.7. The van der Waals surface area contributed by atoms with Gasteiger partial charge in [0.15, 0.2) is 17.1 Å². The minimum absolute atomic E-state index is 0.301. The Kier molecular flexibility index (Phi) is 4.21. The Morgan fingerprint density at radius 2 is 1.71 bits per heavy atom. The lowest BCUT2D eigenvalue weighted by Gasteiger charge is -2.22. The van der Waals surface area contributed by atoms with Gasteiger partial charge in [-0.1, -0.05) is 24.3 Å². The average molecular weight is 377 g/mol. The first-order valence-corrected chi connectivity index (χ1v) is 9.29. The fraction of sp³-hybridized carbons (Fsp3) is 0.316. The minimum Gasteiger partial charge on any atom is -0.381 e. The number of ether oxygens (including phenoxy) is 1. The SMILES string of the molecule is O=c1[nH]c2nc(CC3CCOCC3)c(-c3ccc(-c4ncn[nH]4)cc3)nc2[nH]1. The Morgan fingerprint density at radius 1 is 1.00 bits per heavy atom. The van der Waals surface area contributed by atoms with Gasteiger partial charge in [0.2, 0.25) is 0 Å². The number of nitrogens with one attached hydrogen (secondary N) is 3. The lowest BCUT2D eigenvalue weighted by molar-refractivity contribution is 0.0663. The van der Waals surface area contributed by atoms with Gasteiger partial charge in [-0.25, -0.2) is 19.7 Å². The largest absolute Gasteiger partial charge is 0.381 e. The van der Waals surface area contributed by atoms with E-state index in [0.717, 1.165) is 55.0 Å². The van der Waals surface area contributed by atoms with Crippen LogP contribution >= 0.6 is 0 Å². The number of fused-ring (bicyclic) bond motifs is 1. The van der Waals surface area contributed by atoms with Gasteiger partial charge in [0, 0.05) is 24.3 Å². The molecule has 4 heterocycles. The van der Waals surface area contributed by atoms with Crippen molar-refractivity contribution in [2.75, 3.05) is 13.2 Å². The van der Waals surface area contributed by atoms with Gasteiger partial charge in [-0.3, -0.25) is 15.1 Å². The summed E-state index contributed by atoms with van der Waals surface area (Å²) in [6, 6.07) is 7.93. The molecular weight excluding hydrogens is 358 g/mol. The highest BCUT2D eigenvalue weighted by molar-refractivity contribution is 5.73. The molecule has 4 aromatic rings. The number of hydrogen-bond donors (Lipinski definition) is 3. The third-order valence-electron chi connectivity index (χ3n) is 5.10. The van der Waals surface area contributed by atoms with E-state index >= 15 is 0 Å². The van der Waals surface area contributed by atoms with Crippen molar-refractivity contribution in [2.45, 2.75) is 19.3 Å². The lowest BCUT2D eigenvalue weighted by atomic mass is 9.93. The topological polar surface area (TPSA) is 125 Å². The second-order valence-electron chi connectivity index (χ2n) is 6.97. The number of nitrogens with zero attached hydrogens (tertiary/aromatic N) is 4. The maximum atomic E-state index is 11.7. The monoisotopic (exact) mass is 377 g/mol. The molecule has 9 nitrogen and oxygen atoms in total. The summed E-state index contributed by atoms with van der Waals surface area (Å²) >= 11 is 0. The molecule has 0 saturated carbocycles. The number of benzene rings is 1. The van der Waals surface area contributed by atoms with E-state index in [1.54, 1.807) is 0 Å². The third kappa shape index (κ3) is 3.20. The van der Waals surface area contributed by atoms with Crippen LogP contribution in [0.3, 0.4) is 0 Å².